The van der Waals surface area contributed by atoms with Crippen molar-refractivity contribution in [1.29, 1.82) is 0 Å². The summed E-state index contributed by atoms with van der Waals surface area (Å²) in [5.74, 6) is 0.292. The number of carbonyl (C=O) groups is 2. The van der Waals surface area contributed by atoms with Gasteiger partial charge in [-0.2, -0.15) is 0 Å². The van der Waals surface area contributed by atoms with Gasteiger partial charge in [-0.3, -0.25) is 9.59 Å². The van der Waals surface area contributed by atoms with Crippen molar-refractivity contribution in [2.24, 2.45) is 56.7 Å². The molecule has 12 atom stereocenters. The first-order valence-corrected chi connectivity index (χ1v) is 14.9. The lowest BCUT2D eigenvalue weighted by atomic mass is 9.33. The van der Waals surface area contributed by atoms with Crippen molar-refractivity contribution in [3.05, 3.63) is 11.6 Å². The lowest BCUT2D eigenvalue weighted by molar-refractivity contribution is -0.237. The number of carboxylic acid groups (broad SMARTS) is 1. The number of aliphatic carboxylic acids is 1. The molecule has 208 valence electrons. The van der Waals surface area contributed by atoms with Gasteiger partial charge in [-0.15, -0.1) is 0 Å². The third-order valence-electron chi connectivity index (χ3n) is 13.7. The average molecular weight is 515 g/mol. The summed E-state index contributed by atoms with van der Waals surface area (Å²) in [7, 11) is 0. The SMILES string of the molecule is CC(=O)O[C@@H]1CC[C@]2(C)[C@H]3[C@H](O)C=C4[C@@H]5[C@@H](C)[C@H](C)CC[C@]5(C)CC[C@@]4(C)[C@]3(C)CC[C@@H]2[C@@]1(C)C(=O)O. The highest BCUT2D eigenvalue weighted by Crippen LogP contribution is 2.75. The summed E-state index contributed by atoms with van der Waals surface area (Å²) in [4.78, 5) is 24.8. The normalized spacial score (nSPS) is 55.1. The van der Waals surface area contributed by atoms with Gasteiger partial charge in [0.2, 0.25) is 0 Å². The molecule has 4 fully saturated rings. The monoisotopic (exact) mass is 514 g/mol. The Morgan fingerprint density at radius 3 is 2.24 bits per heavy atom. The van der Waals surface area contributed by atoms with E-state index in [0.29, 0.717) is 29.6 Å². The summed E-state index contributed by atoms with van der Waals surface area (Å²) >= 11 is 0. The zero-order valence-electron chi connectivity index (χ0n) is 24.4. The predicted octanol–water partition coefficient (Wildman–Crippen LogP) is 6.63. The summed E-state index contributed by atoms with van der Waals surface area (Å²) in [5.41, 5.74) is 0.161. The number of aliphatic hydroxyl groups excluding tert-OH is 1. The fourth-order valence-electron chi connectivity index (χ4n) is 11.3. The van der Waals surface area contributed by atoms with E-state index in [1.54, 1.807) is 6.92 Å². The molecule has 0 saturated heterocycles. The molecule has 0 aliphatic heterocycles. The van der Waals surface area contributed by atoms with E-state index in [-0.39, 0.29) is 28.1 Å². The lowest BCUT2D eigenvalue weighted by Crippen LogP contribution is -2.69. The second-order valence-corrected chi connectivity index (χ2v) is 15.2. The Kier molecular flexibility index (Phi) is 6.12. The number of allylic oxidation sites excluding steroid dienone is 1. The summed E-state index contributed by atoms with van der Waals surface area (Å²) in [6.45, 7) is 17.6. The van der Waals surface area contributed by atoms with Crippen molar-refractivity contribution in [3.63, 3.8) is 0 Å². The van der Waals surface area contributed by atoms with Crippen molar-refractivity contribution in [2.75, 3.05) is 0 Å². The molecule has 2 N–H and O–H groups in total. The molecule has 5 aliphatic carbocycles. The molecule has 4 saturated carbocycles. The average Bonchev–Trinajstić information content (AvgIpc) is 2.79. The second-order valence-electron chi connectivity index (χ2n) is 15.2. The van der Waals surface area contributed by atoms with E-state index in [2.05, 4.69) is 47.6 Å². The quantitative estimate of drug-likeness (QED) is 0.319. The van der Waals surface area contributed by atoms with Gasteiger partial charge < -0.3 is 14.9 Å². The molecule has 37 heavy (non-hydrogen) atoms. The maximum atomic E-state index is 12.9. The largest absolute Gasteiger partial charge is 0.481 e. The first kappa shape index (κ1) is 27.2. The van der Waals surface area contributed by atoms with Crippen LogP contribution in [0.2, 0.25) is 0 Å². The van der Waals surface area contributed by atoms with Crippen LogP contribution in [0.4, 0.5) is 0 Å². The van der Waals surface area contributed by atoms with Crippen LogP contribution in [-0.4, -0.2) is 34.4 Å². The predicted molar refractivity (Wildman–Crippen MR) is 144 cm³/mol. The van der Waals surface area contributed by atoms with Crippen molar-refractivity contribution in [3.8, 4) is 0 Å². The van der Waals surface area contributed by atoms with Crippen LogP contribution in [0.1, 0.15) is 107 Å². The summed E-state index contributed by atoms with van der Waals surface area (Å²) in [5, 5.41) is 22.6. The molecule has 0 unspecified atom stereocenters. The Bertz CT molecular complexity index is 1020. The molecule has 0 aromatic carbocycles. The van der Waals surface area contributed by atoms with E-state index in [1.807, 2.05) is 0 Å². The van der Waals surface area contributed by atoms with Gasteiger partial charge in [0.1, 0.15) is 11.5 Å². The molecule has 5 aliphatic rings. The number of ether oxygens (including phenoxy) is 1. The number of carbonyl (C=O) groups excluding carboxylic acids is 1. The van der Waals surface area contributed by atoms with Gasteiger partial charge in [-0.25, -0.2) is 0 Å². The molecular formula is C32H50O5. The minimum atomic E-state index is -1.16. The topological polar surface area (TPSA) is 83.8 Å². The van der Waals surface area contributed by atoms with E-state index in [9.17, 15) is 19.8 Å². The summed E-state index contributed by atoms with van der Waals surface area (Å²) in [6, 6.07) is 0. The molecule has 0 amide bonds. The van der Waals surface area contributed by atoms with Gasteiger partial charge >= 0.3 is 11.9 Å². The summed E-state index contributed by atoms with van der Waals surface area (Å²) < 4.78 is 5.65. The number of carboxylic acids is 1. The number of esters is 1. The first-order chi connectivity index (χ1) is 17.1. The Morgan fingerprint density at radius 2 is 1.62 bits per heavy atom. The maximum Gasteiger partial charge on any atom is 0.313 e. The van der Waals surface area contributed by atoms with Crippen LogP contribution in [0.5, 0.6) is 0 Å². The van der Waals surface area contributed by atoms with Crippen LogP contribution in [0, 0.1) is 56.7 Å². The summed E-state index contributed by atoms with van der Waals surface area (Å²) in [6.07, 6.45) is 8.93. The molecule has 0 aromatic rings. The smallest absolute Gasteiger partial charge is 0.313 e. The van der Waals surface area contributed by atoms with Gasteiger partial charge in [-0.1, -0.05) is 53.2 Å². The minimum Gasteiger partial charge on any atom is -0.481 e. The highest BCUT2D eigenvalue weighted by Gasteiger charge is 2.72. The van der Waals surface area contributed by atoms with E-state index in [1.165, 1.54) is 31.8 Å². The number of hydrogen-bond acceptors (Lipinski definition) is 4. The molecule has 5 nitrogen and oxygen atoms in total. The molecule has 0 spiro atoms. The Labute approximate surface area is 223 Å². The van der Waals surface area contributed by atoms with Gasteiger partial charge in [0.25, 0.3) is 0 Å². The fourth-order valence-corrected chi connectivity index (χ4v) is 11.3. The third kappa shape index (κ3) is 3.37. The van der Waals surface area contributed by atoms with E-state index >= 15 is 0 Å². The van der Waals surface area contributed by atoms with Gasteiger partial charge in [0, 0.05) is 12.8 Å². The van der Waals surface area contributed by atoms with Crippen molar-refractivity contribution in [2.45, 2.75) is 119 Å². The van der Waals surface area contributed by atoms with Crippen LogP contribution in [0.15, 0.2) is 11.6 Å². The van der Waals surface area contributed by atoms with E-state index < -0.39 is 29.6 Å². The van der Waals surface area contributed by atoms with Crippen LogP contribution >= 0.6 is 0 Å². The highest BCUT2D eigenvalue weighted by atomic mass is 16.5. The van der Waals surface area contributed by atoms with Gasteiger partial charge in [0.05, 0.1) is 6.10 Å². The van der Waals surface area contributed by atoms with Gasteiger partial charge in [-0.05, 0) is 104 Å². The van der Waals surface area contributed by atoms with Crippen molar-refractivity contribution < 1.29 is 24.5 Å². The number of hydrogen-bond donors (Lipinski definition) is 2. The third-order valence-corrected chi connectivity index (χ3v) is 13.7. The highest BCUT2D eigenvalue weighted by molar-refractivity contribution is 5.77. The Morgan fingerprint density at radius 1 is 0.946 bits per heavy atom. The molecule has 0 radical (unpaired) electrons. The molecule has 0 bridgehead atoms. The molecule has 5 heteroatoms. The standard InChI is InChI=1S/C32H50O5/c1-18-9-12-28(4)15-16-30(6)21(25(28)19(18)2)17-22(34)26-29(5)13-11-24(37-20(3)33)32(8,27(35)36)23(29)10-14-31(26,30)7/h17-19,22-26,34H,9-16H2,1-8H3,(H,35,36)/t18-,19+,22-,23+,24-,25+,26-,28-,29+,30-,31-,32-/m1/s1. The zero-order valence-corrected chi connectivity index (χ0v) is 24.4. The minimum absolute atomic E-state index is 0.00721. The van der Waals surface area contributed by atoms with Crippen LogP contribution in [-0.2, 0) is 14.3 Å². The number of fused-ring (bicyclic) bond motifs is 7. The van der Waals surface area contributed by atoms with Crippen LogP contribution in [0.25, 0.3) is 0 Å². The number of rotatable bonds is 2. The molecular weight excluding hydrogens is 464 g/mol. The van der Waals surface area contributed by atoms with E-state index in [0.717, 1.165) is 25.7 Å². The van der Waals surface area contributed by atoms with Crippen molar-refractivity contribution in [1.82, 2.24) is 0 Å². The molecule has 0 heterocycles. The Balaban J connectivity index is 1.61. The second kappa shape index (κ2) is 8.32. The first-order valence-electron chi connectivity index (χ1n) is 14.9. The zero-order chi connectivity index (χ0) is 27.3. The fraction of sp³-hybridized carbons (Fsp3) is 0.875. The molecule has 0 aromatic heterocycles. The Hall–Kier alpha value is -1.36. The molecule has 5 rings (SSSR count). The van der Waals surface area contributed by atoms with Gasteiger partial charge in [0.15, 0.2) is 0 Å². The van der Waals surface area contributed by atoms with Crippen LogP contribution in [0.3, 0.4) is 0 Å². The number of aliphatic hydroxyl groups is 1. The lowest BCUT2D eigenvalue weighted by Gasteiger charge is -2.72. The van der Waals surface area contributed by atoms with E-state index in [4.69, 9.17) is 4.74 Å². The maximum absolute atomic E-state index is 12.9. The van der Waals surface area contributed by atoms with Crippen molar-refractivity contribution >= 4 is 11.9 Å². The van der Waals surface area contributed by atoms with Crippen LogP contribution < -0.4 is 0 Å².